The van der Waals surface area contributed by atoms with Crippen LogP contribution < -0.4 is 15.4 Å². The van der Waals surface area contributed by atoms with E-state index in [2.05, 4.69) is 15.6 Å². The number of carbonyl (C=O) groups excluding carboxylic acids is 3. The number of aromatic nitrogens is 1. The van der Waals surface area contributed by atoms with Crippen LogP contribution >= 0.6 is 0 Å². The van der Waals surface area contributed by atoms with E-state index in [1.807, 2.05) is 12.1 Å². The van der Waals surface area contributed by atoms with Crippen LogP contribution in [0, 0.1) is 0 Å². The summed E-state index contributed by atoms with van der Waals surface area (Å²) in [6, 6.07) is 15.4. The summed E-state index contributed by atoms with van der Waals surface area (Å²) >= 11 is 0. The van der Waals surface area contributed by atoms with E-state index in [0.29, 0.717) is 17.0 Å². The van der Waals surface area contributed by atoms with Gasteiger partial charge in [0.25, 0.3) is 11.8 Å². The van der Waals surface area contributed by atoms with Crippen LogP contribution in [0.3, 0.4) is 0 Å². The lowest BCUT2D eigenvalue weighted by molar-refractivity contribution is -0.152. The van der Waals surface area contributed by atoms with Gasteiger partial charge in [0.15, 0.2) is 6.10 Å². The number of ether oxygens (including phenoxy) is 2. The highest BCUT2D eigenvalue weighted by atomic mass is 16.5. The van der Waals surface area contributed by atoms with E-state index in [4.69, 9.17) is 9.47 Å². The minimum absolute atomic E-state index is 0.360. The molecule has 3 aromatic rings. The largest absolute Gasteiger partial charge is 0.497 e. The molecule has 2 aromatic carbocycles. The van der Waals surface area contributed by atoms with Crippen molar-refractivity contribution in [3.8, 4) is 5.75 Å². The lowest BCUT2D eigenvalue weighted by Gasteiger charge is -2.15. The van der Waals surface area contributed by atoms with Gasteiger partial charge in [-0.15, -0.1) is 0 Å². The summed E-state index contributed by atoms with van der Waals surface area (Å²) in [6.07, 6.45) is 0.626. The number of hydrogen-bond donors (Lipinski definition) is 2. The maximum Gasteiger partial charge on any atom is 0.326 e. The van der Waals surface area contributed by atoms with Crippen LogP contribution in [0.25, 0.3) is 10.9 Å². The Balaban J connectivity index is 1.52. The molecule has 3 rings (SSSR count). The first-order valence-electron chi connectivity index (χ1n) is 9.24. The third-order valence-corrected chi connectivity index (χ3v) is 4.33. The molecule has 0 saturated heterocycles. The Kier molecular flexibility index (Phi) is 6.59. The van der Waals surface area contributed by atoms with Crippen molar-refractivity contribution in [2.75, 3.05) is 19.0 Å². The number of anilines is 1. The Morgan fingerprint density at radius 3 is 2.53 bits per heavy atom. The molecule has 154 valence electrons. The molecule has 1 heterocycles. The van der Waals surface area contributed by atoms with Crippen LogP contribution in [-0.4, -0.2) is 42.5 Å². The molecule has 8 nitrogen and oxygen atoms in total. The Morgan fingerprint density at radius 2 is 1.80 bits per heavy atom. The van der Waals surface area contributed by atoms with Gasteiger partial charge < -0.3 is 20.1 Å². The number of esters is 1. The second-order valence-corrected chi connectivity index (χ2v) is 6.41. The molecule has 0 radical (unpaired) electrons. The highest BCUT2D eigenvalue weighted by Crippen LogP contribution is 2.21. The fourth-order valence-electron chi connectivity index (χ4n) is 2.74. The molecule has 0 aliphatic rings. The van der Waals surface area contributed by atoms with E-state index in [-0.39, 0.29) is 6.54 Å². The molecule has 1 aromatic heterocycles. The highest BCUT2D eigenvalue weighted by molar-refractivity contribution is 6.03. The van der Waals surface area contributed by atoms with Crippen LogP contribution in [0.5, 0.6) is 5.75 Å². The van der Waals surface area contributed by atoms with Crippen molar-refractivity contribution < 1.29 is 23.9 Å². The molecule has 0 bridgehead atoms. The topological polar surface area (TPSA) is 107 Å². The second-order valence-electron chi connectivity index (χ2n) is 6.41. The van der Waals surface area contributed by atoms with Crippen LogP contribution in [0.15, 0.2) is 60.8 Å². The van der Waals surface area contributed by atoms with Gasteiger partial charge >= 0.3 is 5.97 Å². The van der Waals surface area contributed by atoms with E-state index in [9.17, 15) is 14.4 Å². The van der Waals surface area contributed by atoms with Gasteiger partial charge in [0.1, 0.15) is 12.3 Å². The second kappa shape index (κ2) is 9.51. The fourth-order valence-corrected chi connectivity index (χ4v) is 2.74. The molecule has 0 spiro atoms. The zero-order valence-electron chi connectivity index (χ0n) is 16.5. The smallest absolute Gasteiger partial charge is 0.326 e. The van der Waals surface area contributed by atoms with Gasteiger partial charge in [-0.3, -0.25) is 19.4 Å². The lowest BCUT2D eigenvalue weighted by Crippen LogP contribution is -2.35. The number of benzene rings is 2. The number of fused-ring (bicyclic) bond motifs is 1. The van der Waals surface area contributed by atoms with Gasteiger partial charge in [-0.1, -0.05) is 6.07 Å². The molecule has 1 unspecified atom stereocenters. The maximum absolute atomic E-state index is 12.4. The molecule has 8 heteroatoms. The number of pyridine rings is 1. The van der Waals surface area contributed by atoms with E-state index < -0.39 is 23.9 Å². The SMILES string of the molecule is COc1ccc(C(=O)NCC(=O)OC(C)C(=O)Nc2cccc3ncccc23)cc1. The summed E-state index contributed by atoms with van der Waals surface area (Å²) in [4.78, 5) is 40.7. The summed E-state index contributed by atoms with van der Waals surface area (Å²) < 4.78 is 10.2. The number of hydrogen-bond acceptors (Lipinski definition) is 6. The molecule has 30 heavy (non-hydrogen) atoms. The molecule has 0 fully saturated rings. The Hall–Kier alpha value is -3.94. The van der Waals surface area contributed by atoms with Crippen molar-refractivity contribution >= 4 is 34.4 Å². The summed E-state index contributed by atoms with van der Waals surface area (Å²) in [5, 5.41) is 5.97. The maximum atomic E-state index is 12.4. The normalized spacial score (nSPS) is 11.4. The lowest BCUT2D eigenvalue weighted by atomic mass is 10.2. The number of carbonyl (C=O) groups is 3. The quantitative estimate of drug-likeness (QED) is 0.583. The Morgan fingerprint density at radius 1 is 1.03 bits per heavy atom. The van der Waals surface area contributed by atoms with Gasteiger partial charge in [-0.2, -0.15) is 0 Å². The number of rotatable bonds is 7. The molecule has 2 N–H and O–H groups in total. The Bertz CT molecular complexity index is 1060. The van der Waals surface area contributed by atoms with Gasteiger partial charge in [-0.25, -0.2) is 0 Å². The van der Waals surface area contributed by atoms with Crippen LogP contribution in [0.4, 0.5) is 5.69 Å². The minimum Gasteiger partial charge on any atom is -0.497 e. The molecule has 0 aliphatic heterocycles. The van der Waals surface area contributed by atoms with Crippen molar-refractivity contribution in [1.29, 1.82) is 0 Å². The summed E-state index contributed by atoms with van der Waals surface area (Å²) in [7, 11) is 1.53. The first-order valence-corrected chi connectivity index (χ1v) is 9.24. The average molecular weight is 407 g/mol. The molecule has 0 saturated carbocycles. The summed E-state index contributed by atoms with van der Waals surface area (Å²) in [5.74, 6) is -1.02. The van der Waals surface area contributed by atoms with Crippen molar-refractivity contribution in [2.45, 2.75) is 13.0 Å². The average Bonchev–Trinajstić information content (AvgIpc) is 2.77. The summed E-state index contributed by atoms with van der Waals surface area (Å²) in [6.45, 7) is 1.10. The minimum atomic E-state index is -1.04. The van der Waals surface area contributed by atoms with E-state index in [1.54, 1.807) is 48.7 Å². The number of amides is 2. The van der Waals surface area contributed by atoms with Gasteiger partial charge in [-0.05, 0) is 55.5 Å². The predicted molar refractivity (Wildman–Crippen MR) is 111 cm³/mol. The molecule has 2 amide bonds. The monoisotopic (exact) mass is 407 g/mol. The zero-order chi connectivity index (χ0) is 21.5. The highest BCUT2D eigenvalue weighted by Gasteiger charge is 2.19. The third kappa shape index (κ3) is 5.11. The van der Waals surface area contributed by atoms with Crippen molar-refractivity contribution in [1.82, 2.24) is 10.3 Å². The molecular formula is C22H21N3O5. The standard InChI is InChI=1S/C22H21N3O5/c1-14(21(27)25-19-7-3-6-18-17(19)5-4-12-23-18)30-20(26)13-24-22(28)15-8-10-16(29-2)11-9-15/h3-12,14H,13H2,1-2H3,(H,24,28)(H,25,27). The first-order chi connectivity index (χ1) is 14.5. The van der Waals surface area contributed by atoms with Crippen LogP contribution in [0.1, 0.15) is 17.3 Å². The fraction of sp³-hybridized carbons (Fsp3) is 0.182. The van der Waals surface area contributed by atoms with E-state index in [0.717, 1.165) is 10.9 Å². The van der Waals surface area contributed by atoms with Gasteiger partial charge in [0, 0.05) is 17.1 Å². The molecule has 1 atom stereocenters. The summed E-state index contributed by atoms with van der Waals surface area (Å²) in [5.41, 5.74) is 1.68. The van der Waals surface area contributed by atoms with Crippen LogP contribution in [-0.2, 0) is 14.3 Å². The molecular weight excluding hydrogens is 386 g/mol. The zero-order valence-corrected chi connectivity index (χ0v) is 16.5. The third-order valence-electron chi connectivity index (χ3n) is 4.33. The predicted octanol–water partition coefficient (Wildman–Crippen LogP) is 2.54. The van der Waals surface area contributed by atoms with Crippen molar-refractivity contribution in [2.24, 2.45) is 0 Å². The Labute approximate surface area is 173 Å². The van der Waals surface area contributed by atoms with Crippen molar-refractivity contribution in [3.05, 3.63) is 66.4 Å². The number of methoxy groups -OCH3 is 1. The molecule has 0 aliphatic carbocycles. The van der Waals surface area contributed by atoms with Gasteiger partial charge in [0.05, 0.1) is 18.3 Å². The first kappa shape index (κ1) is 20.8. The van der Waals surface area contributed by atoms with Crippen molar-refractivity contribution in [3.63, 3.8) is 0 Å². The number of nitrogens with zero attached hydrogens (tertiary/aromatic N) is 1. The van der Waals surface area contributed by atoms with Crippen LogP contribution in [0.2, 0.25) is 0 Å². The number of nitrogens with one attached hydrogen (secondary N) is 2. The van der Waals surface area contributed by atoms with E-state index in [1.165, 1.54) is 14.0 Å². The van der Waals surface area contributed by atoms with Gasteiger partial charge in [0.2, 0.25) is 0 Å². The van der Waals surface area contributed by atoms with E-state index >= 15 is 0 Å².